The molecule has 1 atom stereocenters. The highest BCUT2D eigenvalue weighted by atomic mass is 16.6. The Balaban J connectivity index is 2.45. The zero-order chi connectivity index (χ0) is 13.6. The second kappa shape index (κ2) is 7.13. The predicted molar refractivity (Wildman–Crippen MR) is 73.2 cm³/mol. The summed E-state index contributed by atoms with van der Waals surface area (Å²) in [4.78, 5) is 12.1. The maximum atomic E-state index is 12.1. The molecule has 3 heteroatoms. The highest BCUT2D eigenvalue weighted by Gasteiger charge is 2.36. The molecule has 0 spiro atoms. The number of ether oxygens (including phenoxy) is 1. The zero-order valence-corrected chi connectivity index (χ0v) is 12.5. The molecule has 0 radical (unpaired) electrons. The first-order chi connectivity index (χ1) is 8.47. The predicted octanol–water partition coefficient (Wildman–Crippen LogP) is 2.11. The molecule has 0 amide bonds. The van der Waals surface area contributed by atoms with Gasteiger partial charge in [0.2, 0.25) is 0 Å². The highest BCUT2D eigenvalue weighted by molar-refractivity contribution is 5.72. The zero-order valence-electron chi connectivity index (χ0n) is 12.5. The molecule has 1 saturated heterocycles. The third-order valence-electron chi connectivity index (χ3n) is 4.18. The third-order valence-corrected chi connectivity index (χ3v) is 4.18. The number of carbonyl (C=O) groups excluding carboxylic acids is 1. The van der Waals surface area contributed by atoms with E-state index in [1.165, 1.54) is 0 Å². The van der Waals surface area contributed by atoms with Crippen LogP contribution in [0.1, 0.15) is 59.8 Å². The molecule has 1 rings (SSSR count). The van der Waals surface area contributed by atoms with Gasteiger partial charge in [-0.1, -0.05) is 26.7 Å². The number of carbonyl (C=O) groups is 1. The van der Waals surface area contributed by atoms with Gasteiger partial charge >= 0.3 is 5.97 Å². The average molecular weight is 256 g/mol. The number of piperidine rings is 1. The van der Waals surface area contributed by atoms with E-state index in [9.17, 15) is 4.79 Å². The Labute approximate surface area is 112 Å². The van der Waals surface area contributed by atoms with E-state index < -0.39 is 0 Å². The molecular formula is C15H30NO2+. The number of hydrogen-bond donors (Lipinski definition) is 1. The van der Waals surface area contributed by atoms with Gasteiger partial charge < -0.3 is 10.1 Å². The van der Waals surface area contributed by atoms with Crippen molar-refractivity contribution in [2.24, 2.45) is 11.8 Å². The number of nitrogens with two attached hydrogens (primary N) is 1. The minimum atomic E-state index is -0.300. The van der Waals surface area contributed by atoms with Crippen molar-refractivity contribution in [1.29, 1.82) is 0 Å². The summed E-state index contributed by atoms with van der Waals surface area (Å²) in [6.45, 7) is 10.6. The van der Waals surface area contributed by atoms with E-state index in [1.807, 2.05) is 6.92 Å². The van der Waals surface area contributed by atoms with Crippen molar-refractivity contribution in [3.05, 3.63) is 0 Å². The second-order valence-corrected chi connectivity index (χ2v) is 6.21. The van der Waals surface area contributed by atoms with Crippen molar-refractivity contribution < 1.29 is 14.8 Å². The molecule has 2 N–H and O–H groups in total. The Morgan fingerprint density at radius 2 is 2.00 bits per heavy atom. The quantitative estimate of drug-likeness (QED) is 0.740. The lowest BCUT2D eigenvalue weighted by Crippen LogP contribution is -2.86. The van der Waals surface area contributed by atoms with Gasteiger partial charge in [0.25, 0.3) is 0 Å². The summed E-state index contributed by atoms with van der Waals surface area (Å²) in [7, 11) is 0. The van der Waals surface area contributed by atoms with Gasteiger partial charge in [0.1, 0.15) is 5.60 Å². The summed E-state index contributed by atoms with van der Waals surface area (Å²) in [5.41, 5.74) is -0.300. The summed E-state index contributed by atoms with van der Waals surface area (Å²) in [5, 5.41) is 2.35. The molecule has 106 valence electrons. The van der Waals surface area contributed by atoms with Crippen LogP contribution in [0.4, 0.5) is 0 Å². The van der Waals surface area contributed by atoms with Crippen LogP contribution in [0, 0.1) is 11.8 Å². The van der Waals surface area contributed by atoms with E-state index in [1.54, 1.807) is 0 Å². The van der Waals surface area contributed by atoms with Crippen LogP contribution in [-0.2, 0) is 9.53 Å². The number of hydrogen-bond acceptors (Lipinski definition) is 2. The molecule has 1 unspecified atom stereocenters. The van der Waals surface area contributed by atoms with Crippen LogP contribution in [0.15, 0.2) is 0 Å². The monoisotopic (exact) mass is 256 g/mol. The number of quaternary nitrogens is 1. The molecule has 1 fully saturated rings. The van der Waals surface area contributed by atoms with E-state index in [4.69, 9.17) is 4.74 Å². The number of esters is 1. The normalized spacial score (nSPS) is 19.6. The van der Waals surface area contributed by atoms with Crippen molar-refractivity contribution in [3.63, 3.8) is 0 Å². The maximum Gasteiger partial charge on any atom is 0.309 e. The van der Waals surface area contributed by atoms with Crippen molar-refractivity contribution in [1.82, 2.24) is 0 Å². The number of unbranched alkanes of at least 4 members (excludes halogenated alkanes) is 1. The Hall–Kier alpha value is -0.570. The smallest absolute Gasteiger partial charge is 0.309 e. The summed E-state index contributed by atoms with van der Waals surface area (Å²) in [6, 6.07) is 0. The van der Waals surface area contributed by atoms with Gasteiger partial charge in [0, 0.05) is 18.8 Å². The summed E-state index contributed by atoms with van der Waals surface area (Å²) >= 11 is 0. The van der Waals surface area contributed by atoms with Crippen LogP contribution in [-0.4, -0.2) is 24.7 Å². The van der Waals surface area contributed by atoms with E-state index in [0.717, 1.165) is 45.2 Å². The third kappa shape index (κ3) is 4.60. The van der Waals surface area contributed by atoms with Crippen LogP contribution in [0.3, 0.4) is 0 Å². The average Bonchev–Trinajstić information content (AvgIpc) is 2.36. The van der Waals surface area contributed by atoms with Crippen molar-refractivity contribution in [2.75, 3.05) is 13.1 Å². The van der Waals surface area contributed by atoms with Crippen LogP contribution in [0.25, 0.3) is 0 Å². The van der Waals surface area contributed by atoms with Gasteiger partial charge in [-0.25, -0.2) is 0 Å². The second-order valence-electron chi connectivity index (χ2n) is 6.21. The first-order valence-electron chi connectivity index (χ1n) is 7.52. The molecule has 0 aromatic rings. The fourth-order valence-corrected chi connectivity index (χ4v) is 2.69. The van der Waals surface area contributed by atoms with Gasteiger partial charge in [-0.3, -0.25) is 4.79 Å². The molecular weight excluding hydrogens is 226 g/mol. The van der Waals surface area contributed by atoms with Crippen molar-refractivity contribution in [2.45, 2.75) is 65.4 Å². The molecule has 1 heterocycles. The Kier molecular flexibility index (Phi) is 6.13. The molecule has 0 aromatic carbocycles. The van der Waals surface area contributed by atoms with Crippen LogP contribution < -0.4 is 5.32 Å². The molecule has 18 heavy (non-hydrogen) atoms. The molecule has 0 aromatic heterocycles. The van der Waals surface area contributed by atoms with Gasteiger partial charge in [-0.15, -0.1) is 0 Å². The van der Waals surface area contributed by atoms with E-state index >= 15 is 0 Å². The minimum absolute atomic E-state index is 0.0111. The van der Waals surface area contributed by atoms with Crippen molar-refractivity contribution in [3.8, 4) is 0 Å². The maximum absolute atomic E-state index is 12.1. The molecule has 1 aliphatic rings. The first kappa shape index (κ1) is 15.5. The molecule has 3 nitrogen and oxygen atoms in total. The van der Waals surface area contributed by atoms with Gasteiger partial charge in [0.05, 0.1) is 19.0 Å². The van der Waals surface area contributed by atoms with Gasteiger partial charge in [-0.05, 0) is 20.3 Å². The SMILES string of the molecule is CCCCC(C)C(=O)OC(C)(C)C1CC[NH2+]CC1. The van der Waals surface area contributed by atoms with Gasteiger partial charge in [-0.2, -0.15) is 0 Å². The first-order valence-corrected chi connectivity index (χ1v) is 7.52. The Morgan fingerprint density at radius 3 is 2.56 bits per heavy atom. The topological polar surface area (TPSA) is 42.9 Å². The highest BCUT2D eigenvalue weighted by Crippen LogP contribution is 2.29. The van der Waals surface area contributed by atoms with Crippen LogP contribution in [0.5, 0.6) is 0 Å². The fraction of sp³-hybridized carbons (Fsp3) is 0.933. The standard InChI is InChI=1S/C15H29NO2/c1-5-6-7-12(2)14(17)18-15(3,4)13-8-10-16-11-9-13/h12-13,16H,5-11H2,1-4H3/p+1. The summed E-state index contributed by atoms with van der Waals surface area (Å²) in [5.74, 6) is 0.548. The summed E-state index contributed by atoms with van der Waals surface area (Å²) < 4.78 is 5.78. The van der Waals surface area contributed by atoms with Crippen LogP contribution >= 0.6 is 0 Å². The van der Waals surface area contributed by atoms with E-state index in [0.29, 0.717) is 5.92 Å². The Morgan fingerprint density at radius 1 is 1.39 bits per heavy atom. The van der Waals surface area contributed by atoms with Gasteiger partial charge in [0.15, 0.2) is 0 Å². The minimum Gasteiger partial charge on any atom is -0.459 e. The lowest BCUT2D eigenvalue weighted by atomic mass is 9.83. The molecule has 0 saturated carbocycles. The molecule has 1 aliphatic heterocycles. The molecule has 0 bridgehead atoms. The largest absolute Gasteiger partial charge is 0.459 e. The van der Waals surface area contributed by atoms with E-state index in [-0.39, 0.29) is 17.5 Å². The van der Waals surface area contributed by atoms with E-state index in [2.05, 4.69) is 26.1 Å². The Bertz CT molecular complexity index is 257. The van der Waals surface area contributed by atoms with Crippen LogP contribution in [0.2, 0.25) is 0 Å². The fourth-order valence-electron chi connectivity index (χ4n) is 2.69. The molecule has 0 aliphatic carbocycles. The lowest BCUT2D eigenvalue weighted by molar-refractivity contribution is -0.665. The van der Waals surface area contributed by atoms with Crippen molar-refractivity contribution >= 4 is 5.97 Å². The number of rotatable bonds is 6. The summed E-state index contributed by atoms with van der Waals surface area (Å²) in [6.07, 6.45) is 5.51. The lowest BCUT2D eigenvalue weighted by Gasteiger charge is -2.36.